The molecular weight excluding hydrogens is 703 g/mol. The van der Waals surface area contributed by atoms with Crippen LogP contribution in [0, 0.1) is 0 Å². The molecule has 0 aliphatic rings. The first-order valence-corrected chi connectivity index (χ1v) is 19.8. The first-order chi connectivity index (χ1) is 28.8. The Morgan fingerprint density at radius 2 is 0.759 bits per heavy atom. The van der Waals surface area contributed by atoms with Crippen LogP contribution >= 0.6 is 0 Å². The highest BCUT2D eigenvalue weighted by Gasteiger charge is 2.19. The molecule has 10 aromatic carbocycles. The van der Waals surface area contributed by atoms with Crippen molar-refractivity contribution in [3.8, 4) is 44.5 Å². The molecular formula is C56H37NO. The molecule has 2 heteroatoms. The lowest BCUT2D eigenvalue weighted by Crippen LogP contribution is -2.09. The van der Waals surface area contributed by atoms with Crippen LogP contribution in [-0.2, 0) is 0 Å². The molecule has 2 nitrogen and oxygen atoms in total. The molecule has 0 unspecified atom stereocenters. The van der Waals surface area contributed by atoms with Crippen LogP contribution in [0.5, 0.6) is 0 Å². The minimum atomic E-state index is 0.906. The number of hydrogen-bond donors (Lipinski definition) is 0. The van der Waals surface area contributed by atoms with Gasteiger partial charge in [-0.15, -0.1) is 0 Å². The van der Waals surface area contributed by atoms with Gasteiger partial charge >= 0.3 is 0 Å². The van der Waals surface area contributed by atoms with E-state index in [1.54, 1.807) is 0 Å². The normalized spacial score (nSPS) is 11.4. The average molecular weight is 740 g/mol. The molecule has 0 atom stereocenters. The minimum Gasteiger partial charge on any atom is -0.455 e. The van der Waals surface area contributed by atoms with E-state index in [-0.39, 0.29) is 0 Å². The summed E-state index contributed by atoms with van der Waals surface area (Å²) in [5, 5.41) is 7.20. The first kappa shape index (κ1) is 33.6. The second kappa shape index (κ2) is 14.1. The molecule has 0 saturated carbocycles. The van der Waals surface area contributed by atoms with Crippen LogP contribution in [0.25, 0.3) is 88.0 Å². The Balaban J connectivity index is 0.939. The zero-order valence-electron chi connectivity index (χ0n) is 31.7. The molecule has 0 fully saturated rings. The summed E-state index contributed by atoms with van der Waals surface area (Å²) in [5.41, 5.74) is 14.6. The Morgan fingerprint density at radius 3 is 1.50 bits per heavy atom. The van der Waals surface area contributed by atoms with E-state index >= 15 is 0 Å². The smallest absolute Gasteiger partial charge is 0.143 e. The van der Waals surface area contributed by atoms with Gasteiger partial charge in [-0.1, -0.05) is 182 Å². The fourth-order valence-corrected chi connectivity index (χ4v) is 8.68. The molecule has 0 N–H and O–H groups in total. The second-order valence-electron chi connectivity index (χ2n) is 14.9. The van der Waals surface area contributed by atoms with Gasteiger partial charge in [-0.25, -0.2) is 0 Å². The Kier molecular flexibility index (Phi) is 8.19. The van der Waals surface area contributed by atoms with Gasteiger partial charge in [0.25, 0.3) is 0 Å². The van der Waals surface area contributed by atoms with Crippen molar-refractivity contribution in [1.29, 1.82) is 0 Å². The lowest BCUT2D eigenvalue weighted by molar-refractivity contribution is 0.670. The zero-order chi connectivity index (χ0) is 38.4. The SMILES string of the molecule is c1ccc(N(c2ccc(-c3ccc(-c4ccc5ccccc5c4-c4cccc5c4oc4ccccc45)cc3)cc2)c2ccc(-c3cccc4ccccc34)cc2)cc1. The predicted octanol–water partition coefficient (Wildman–Crippen LogP) is 16.0. The fraction of sp³-hybridized carbons (Fsp3) is 0. The van der Waals surface area contributed by atoms with Crippen LogP contribution in [0.4, 0.5) is 17.1 Å². The third kappa shape index (κ3) is 5.82. The largest absolute Gasteiger partial charge is 0.455 e. The van der Waals surface area contributed by atoms with Crippen LogP contribution < -0.4 is 4.90 Å². The van der Waals surface area contributed by atoms with Gasteiger partial charge in [0.2, 0.25) is 0 Å². The Bertz CT molecular complexity index is 3250. The highest BCUT2D eigenvalue weighted by Crippen LogP contribution is 2.44. The van der Waals surface area contributed by atoms with Crippen LogP contribution in [0.15, 0.2) is 229 Å². The monoisotopic (exact) mass is 739 g/mol. The van der Waals surface area contributed by atoms with Gasteiger partial charge in [0.05, 0.1) is 0 Å². The topological polar surface area (TPSA) is 16.4 Å². The van der Waals surface area contributed by atoms with Crippen molar-refractivity contribution in [1.82, 2.24) is 0 Å². The van der Waals surface area contributed by atoms with Crippen molar-refractivity contribution in [2.45, 2.75) is 0 Å². The number of anilines is 3. The maximum absolute atomic E-state index is 6.57. The van der Waals surface area contributed by atoms with Crippen molar-refractivity contribution in [3.05, 3.63) is 224 Å². The number of furan rings is 1. The maximum Gasteiger partial charge on any atom is 0.143 e. The van der Waals surface area contributed by atoms with Gasteiger partial charge in [0, 0.05) is 39.0 Å². The molecule has 0 saturated heterocycles. The summed E-state index contributed by atoms with van der Waals surface area (Å²) >= 11 is 0. The number of fused-ring (bicyclic) bond motifs is 5. The minimum absolute atomic E-state index is 0.906. The fourth-order valence-electron chi connectivity index (χ4n) is 8.68. The Hall–Kier alpha value is -7.68. The van der Waals surface area contributed by atoms with Crippen molar-refractivity contribution in [3.63, 3.8) is 0 Å². The summed E-state index contributed by atoms with van der Waals surface area (Å²) in [6.45, 7) is 0. The molecule has 11 aromatic rings. The van der Waals surface area contributed by atoms with E-state index in [4.69, 9.17) is 4.42 Å². The highest BCUT2D eigenvalue weighted by atomic mass is 16.3. The molecule has 0 radical (unpaired) electrons. The van der Waals surface area contributed by atoms with Gasteiger partial charge < -0.3 is 9.32 Å². The number of rotatable bonds is 7. The van der Waals surface area contributed by atoms with Crippen LogP contribution in [0.3, 0.4) is 0 Å². The molecule has 0 aliphatic carbocycles. The lowest BCUT2D eigenvalue weighted by Gasteiger charge is -2.26. The number of benzene rings is 10. The Labute approximate surface area is 337 Å². The van der Waals surface area contributed by atoms with Crippen molar-refractivity contribution >= 4 is 60.5 Å². The maximum atomic E-state index is 6.57. The van der Waals surface area contributed by atoms with E-state index in [1.807, 2.05) is 6.07 Å². The molecule has 0 amide bonds. The van der Waals surface area contributed by atoms with Crippen molar-refractivity contribution < 1.29 is 4.42 Å². The van der Waals surface area contributed by atoms with Crippen LogP contribution in [0.2, 0.25) is 0 Å². The summed E-state index contributed by atoms with van der Waals surface area (Å²) in [6, 6.07) is 80.5. The summed E-state index contributed by atoms with van der Waals surface area (Å²) < 4.78 is 6.57. The van der Waals surface area contributed by atoms with E-state index in [9.17, 15) is 0 Å². The van der Waals surface area contributed by atoms with Crippen molar-refractivity contribution in [2.75, 3.05) is 4.90 Å². The van der Waals surface area contributed by atoms with Gasteiger partial charge in [-0.3, -0.25) is 0 Å². The second-order valence-corrected chi connectivity index (χ2v) is 14.9. The third-order valence-electron chi connectivity index (χ3n) is 11.5. The summed E-state index contributed by atoms with van der Waals surface area (Å²) in [4.78, 5) is 2.32. The molecule has 58 heavy (non-hydrogen) atoms. The molecule has 1 heterocycles. The zero-order valence-corrected chi connectivity index (χ0v) is 31.7. The molecule has 0 bridgehead atoms. The molecule has 272 valence electrons. The van der Waals surface area contributed by atoms with E-state index in [2.05, 4.69) is 223 Å². The molecule has 1 aromatic heterocycles. The number of hydrogen-bond acceptors (Lipinski definition) is 2. The third-order valence-corrected chi connectivity index (χ3v) is 11.5. The summed E-state index contributed by atoms with van der Waals surface area (Å²) in [6.07, 6.45) is 0. The summed E-state index contributed by atoms with van der Waals surface area (Å²) in [7, 11) is 0. The molecule has 0 spiro atoms. The van der Waals surface area contributed by atoms with Crippen LogP contribution in [0.1, 0.15) is 0 Å². The van der Waals surface area contributed by atoms with Crippen molar-refractivity contribution in [2.24, 2.45) is 0 Å². The van der Waals surface area contributed by atoms with Gasteiger partial charge in [-0.2, -0.15) is 0 Å². The van der Waals surface area contributed by atoms with E-state index < -0.39 is 0 Å². The molecule has 11 rings (SSSR count). The highest BCUT2D eigenvalue weighted by molar-refractivity contribution is 6.14. The quantitative estimate of drug-likeness (QED) is 0.162. The van der Waals surface area contributed by atoms with Crippen LogP contribution in [-0.4, -0.2) is 0 Å². The predicted molar refractivity (Wildman–Crippen MR) is 245 cm³/mol. The van der Waals surface area contributed by atoms with Gasteiger partial charge in [-0.05, 0) is 97.4 Å². The summed E-state index contributed by atoms with van der Waals surface area (Å²) in [5.74, 6) is 0. The number of nitrogens with zero attached hydrogens (tertiary/aromatic N) is 1. The number of para-hydroxylation sites is 3. The van der Waals surface area contributed by atoms with Gasteiger partial charge in [0.1, 0.15) is 11.2 Å². The van der Waals surface area contributed by atoms with E-state index in [0.29, 0.717) is 0 Å². The van der Waals surface area contributed by atoms with Gasteiger partial charge in [0.15, 0.2) is 0 Å². The Morgan fingerprint density at radius 1 is 0.276 bits per heavy atom. The molecule has 0 aliphatic heterocycles. The first-order valence-electron chi connectivity index (χ1n) is 19.8. The lowest BCUT2D eigenvalue weighted by atomic mass is 9.88. The standard InChI is InChI=1S/C56H37NO/c1-2-15-44(16-3-1)57(46-35-30-42(31-36-46)48-20-10-14-40-12-4-6-17-47(40)48)45-33-28-39(29-34-45)38-24-26-43(27-25-38)50-37-32-41-13-5-7-18-49(41)55(50)53-22-11-21-52-51-19-8-9-23-54(51)58-56(52)53/h1-37H. The van der Waals surface area contributed by atoms with E-state index in [1.165, 1.54) is 54.9 Å². The average Bonchev–Trinajstić information content (AvgIpc) is 3.69. The van der Waals surface area contributed by atoms with E-state index in [0.717, 1.165) is 50.1 Å².